The van der Waals surface area contributed by atoms with Gasteiger partial charge in [0.25, 0.3) is 0 Å². The Balaban J connectivity index is 3.25. The Hall–Kier alpha value is -0.960. The van der Waals surface area contributed by atoms with E-state index in [2.05, 4.69) is 0 Å². The predicted molar refractivity (Wildman–Crippen MR) is 48.3 cm³/mol. The molecule has 3 heteroatoms. The van der Waals surface area contributed by atoms with Gasteiger partial charge in [0.15, 0.2) is 0 Å². The van der Waals surface area contributed by atoms with Gasteiger partial charge < -0.3 is 5.73 Å². The Labute approximate surface area is 76.6 Å². The highest BCUT2D eigenvalue weighted by Crippen LogP contribution is 2.23. The second-order valence-corrected chi connectivity index (χ2v) is 3.11. The number of hydrogen-bond acceptors (Lipinski definition) is 1. The minimum Gasteiger partial charge on any atom is -0.324 e. The molecule has 1 rings (SSSR count). The molecular weight excluding hydrogens is 172 g/mol. The SMILES string of the molecule is CC[C@@H](N)c1c(F)ccc(C)c1F. The number of nitrogens with two attached hydrogens (primary N) is 1. The smallest absolute Gasteiger partial charge is 0.133 e. The average Bonchev–Trinajstić information content (AvgIpc) is 2.12. The molecule has 72 valence electrons. The van der Waals surface area contributed by atoms with Crippen LogP contribution in [0.4, 0.5) is 8.78 Å². The van der Waals surface area contributed by atoms with Crippen molar-refractivity contribution in [3.05, 3.63) is 34.9 Å². The zero-order valence-corrected chi connectivity index (χ0v) is 7.77. The van der Waals surface area contributed by atoms with E-state index in [1.54, 1.807) is 13.8 Å². The van der Waals surface area contributed by atoms with E-state index in [9.17, 15) is 8.78 Å². The first kappa shape index (κ1) is 10.1. The second kappa shape index (κ2) is 3.83. The fraction of sp³-hybridized carbons (Fsp3) is 0.400. The standard InChI is InChI=1S/C10H13F2N/c1-3-8(13)9-7(11)5-4-6(2)10(9)12/h4-5,8H,3,13H2,1-2H3/t8-/m1/s1. The molecule has 0 radical (unpaired) electrons. The van der Waals surface area contributed by atoms with Crippen molar-refractivity contribution >= 4 is 0 Å². The zero-order valence-electron chi connectivity index (χ0n) is 7.77. The molecule has 0 aliphatic rings. The van der Waals surface area contributed by atoms with Crippen molar-refractivity contribution in [3.8, 4) is 0 Å². The van der Waals surface area contributed by atoms with E-state index in [4.69, 9.17) is 5.73 Å². The van der Waals surface area contributed by atoms with Gasteiger partial charge in [-0.25, -0.2) is 8.78 Å². The number of aryl methyl sites for hydroxylation is 1. The molecule has 13 heavy (non-hydrogen) atoms. The lowest BCUT2D eigenvalue weighted by Crippen LogP contribution is -2.13. The number of hydrogen-bond donors (Lipinski definition) is 1. The van der Waals surface area contributed by atoms with Crippen molar-refractivity contribution in [2.45, 2.75) is 26.3 Å². The van der Waals surface area contributed by atoms with Crippen LogP contribution in [0.1, 0.15) is 30.5 Å². The quantitative estimate of drug-likeness (QED) is 0.753. The molecule has 0 aliphatic heterocycles. The molecule has 1 aromatic rings. The molecule has 0 bridgehead atoms. The number of rotatable bonds is 2. The number of benzene rings is 1. The van der Waals surface area contributed by atoms with Gasteiger partial charge in [0, 0.05) is 11.6 Å². The monoisotopic (exact) mass is 185 g/mol. The van der Waals surface area contributed by atoms with Crippen LogP contribution in [0.3, 0.4) is 0 Å². The van der Waals surface area contributed by atoms with Crippen LogP contribution >= 0.6 is 0 Å². The fourth-order valence-corrected chi connectivity index (χ4v) is 1.22. The molecule has 0 aliphatic carbocycles. The predicted octanol–water partition coefficient (Wildman–Crippen LogP) is 2.68. The summed E-state index contributed by atoms with van der Waals surface area (Å²) >= 11 is 0. The molecule has 1 atom stereocenters. The largest absolute Gasteiger partial charge is 0.324 e. The highest BCUT2D eigenvalue weighted by Gasteiger charge is 2.16. The Morgan fingerprint density at radius 1 is 1.38 bits per heavy atom. The first-order chi connectivity index (χ1) is 6.07. The topological polar surface area (TPSA) is 26.0 Å². The molecule has 0 spiro atoms. The summed E-state index contributed by atoms with van der Waals surface area (Å²) in [6.45, 7) is 3.40. The molecule has 1 nitrogen and oxygen atoms in total. The highest BCUT2D eigenvalue weighted by atomic mass is 19.1. The first-order valence-electron chi connectivity index (χ1n) is 4.28. The highest BCUT2D eigenvalue weighted by molar-refractivity contribution is 5.28. The van der Waals surface area contributed by atoms with Crippen molar-refractivity contribution in [1.82, 2.24) is 0 Å². The minimum absolute atomic E-state index is 0.00231. The van der Waals surface area contributed by atoms with Gasteiger partial charge in [-0.2, -0.15) is 0 Å². The summed E-state index contributed by atoms with van der Waals surface area (Å²) in [7, 11) is 0. The Morgan fingerprint density at radius 3 is 2.54 bits per heavy atom. The minimum atomic E-state index is -0.558. The lowest BCUT2D eigenvalue weighted by molar-refractivity contribution is 0.516. The van der Waals surface area contributed by atoms with Crippen LogP contribution in [0.25, 0.3) is 0 Å². The summed E-state index contributed by atoms with van der Waals surface area (Å²) in [6, 6.07) is 2.11. The van der Waals surface area contributed by atoms with E-state index >= 15 is 0 Å². The maximum Gasteiger partial charge on any atom is 0.133 e. The third kappa shape index (κ3) is 1.86. The molecule has 2 N–H and O–H groups in total. The number of halogens is 2. The zero-order chi connectivity index (χ0) is 10.0. The third-order valence-corrected chi connectivity index (χ3v) is 2.13. The van der Waals surface area contributed by atoms with Crippen LogP contribution in [0.2, 0.25) is 0 Å². The van der Waals surface area contributed by atoms with E-state index in [1.165, 1.54) is 12.1 Å². The van der Waals surface area contributed by atoms with E-state index in [0.717, 1.165) is 0 Å². The molecule has 0 saturated carbocycles. The van der Waals surface area contributed by atoms with Gasteiger partial charge in [-0.1, -0.05) is 13.0 Å². The summed E-state index contributed by atoms with van der Waals surface area (Å²) in [4.78, 5) is 0. The molecular formula is C10H13F2N. The maximum atomic E-state index is 13.4. The van der Waals surface area contributed by atoms with Crippen LogP contribution in [0, 0.1) is 18.6 Å². The van der Waals surface area contributed by atoms with E-state index in [-0.39, 0.29) is 5.56 Å². The van der Waals surface area contributed by atoms with Gasteiger partial charge in [0.1, 0.15) is 11.6 Å². The van der Waals surface area contributed by atoms with Gasteiger partial charge in [-0.05, 0) is 25.0 Å². The summed E-state index contributed by atoms with van der Waals surface area (Å²) in [5.74, 6) is -1.08. The van der Waals surface area contributed by atoms with E-state index < -0.39 is 17.7 Å². The normalized spacial score (nSPS) is 13.0. The van der Waals surface area contributed by atoms with Crippen molar-refractivity contribution in [1.29, 1.82) is 0 Å². The fourth-order valence-electron chi connectivity index (χ4n) is 1.22. The Morgan fingerprint density at radius 2 is 2.00 bits per heavy atom. The lowest BCUT2D eigenvalue weighted by Gasteiger charge is -2.12. The molecule has 0 heterocycles. The first-order valence-corrected chi connectivity index (χ1v) is 4.28. The van der Waals surface area contributed by atoms with Gasteiger partial charge >= 0.3 is 0 Å². The second-order valence-electron chi connectivity index (χ2n) is 3.11. The van der Waals surface area contributed by atoms with Gasteiger partial charge in [0.05, 0.1) is 0 Å². The van der Waals surface area contributed by atoms with Crippen molar-refractivity contribution in [2.24, 2.45) is 5.73 Å². The van der Waals surface area contributed by atoms with Crippen molar-refractivity contribution in [2.75, 3.05) is 0 Å². The summed E-state index contributed by atoms with van der Waals surface area (Å²) in [5.41, 5.74) is 6.02. The van der Waals surface area contributed by atoms with Crippen LogP contribution in [0.5, 0.6) is 0 Å². The molecule has 0 aromatic heterocycles. The third-order valence-electron chi connectivity index (χ3n) is 2.13. The molecule has 0 amide bonds. The molecule has 0 fully saturated rings. The van der Waals surface area contributed by atoms with Gasteiger partial charge in [0.2, 0.25) is 0 Å². The molecule has 0 unspecified atom stereocenters. The van der Waals surface area contributed by atoms with Crippen LogP contribution in [-0.2, 0) is 0 Å². The van der Waals surface area contributed by atoms with Crippen LogP contribution in [0.15, 0.2) is 12.1 Å². The van der Waals surface area contributed by atoms with Crippen molar-refractivity contribution < 1.29 is 8.78 Å². The van der Waals surface area contributed by atoms with Crippen molar-refractivity contribution in [3.63, 3.8) is 0 Å². The summed E-state index contributed by atoms with van der Waals surface area (Å²) < 4.78 is 26.5. The average molecular weight is 185 g/mol. The van der Waals surface area contributed by atoms with E-state index in [1.807, 2.05) is 0 Å². The maximum absolute atomic E-state index is 13.4. The lowest BCUT2D eigenvalue weighted by atomic mass is 10.0. The molecule has 0 saturated heterocycles. The summed E-state index contributed by atoms with van der Waals surface area (Å²) in [5, 5.41) is 0. The molecule has 1 aromatic carbocycles. The van der Waals surface area contributed by atoms with Crippen LogP contribution < -0.4 is 5.73 Å². The summed E-state index contributed by atoms with van der Waals surface area (Å²) in [6.07, 6.45) is 0.525. The van der Waals surface area contributed by atoms with Crippen LogP contribution in [-0.4, -0.2) is 0 Å². The Kier molecular flexibility index (Phi) is 2.98. The van der Waals surface area contributed by atoms with E-state index in [0.29, 0.717) is 12.0 Å². The van der Waals surface area contributed by atoms with Gasteiger partial charge in [-0.3, -0.25) is 0 Å². The Bertz CT molecular complexity index is 310. The van der Waals surface area contributed by atoms with Gasteiger partial charge in [-0.15, -0.1) is 0 Å².